The normalized spacial score (nSPS) is 22.9. The Labute approximate surface area is 164 Å². The molecule has 0 unspecified atom stereocenters. The molecule has 0 saturated carbocycles. The average Bonchev–Trinajstić information content (AvgIpc) is 3.06. The minimum atomic E-state index is -0.656. The van der Waals surface area contributed by atoms with Crippen molar-refractivity contribution in [3.8, 4) is 5.75 Å². The second-order valence-corrected chi connectivity index (χ2v) is 7.28. The predicted molar refractivity (Wildman–Crippen MR) is 102 cm³/mol. The average molecular weight is 393 g/mol. The molecule has 0 bridgehead atoms. The number of likely N-dealkylation sites (N-methyl/N-ethyl adjacent to an activating group) is 1. The number of halogens is 1. The summed E-state index contributed by atoms with van der Waals surface area (Å²) in [6.45, 7) is 2.92. The van der Waals surface area contributed by atoms with Crippen molar-refractivity contribution in [2.45, 2.75) is 31.3 Å². The first-order valence-electron chi connectivity index (χ1n) is 9.69. The highest BCUT2D eigenvalue weighted by Gasteiger charge is 2.33. The van der Waals surface area contributed by atoms with Crippen LogP contribution in [0, 0.1) is 5.82 Å². The molecular weight excluding hydrogens is 365 g/mol. The van der Waals surface area contributed by atoms with Crippen molar-refractivity contribution in [3.05, 3.63) is 29.6 Å². The van der Waals surface area contributed by atoms with Crippen LogP contribution in [0.4, 0.5) is 4.39 Å². The Morgan fingerprint density at radius 1 is 1.25 bits per heavy atom. The predicted octanol–water partition coefficient (Wildman–Crippen LogP) is 1.28. The van der Waals surface area contributed by atoms with Crippen LogP contribution in [0.5, 0.6) is 5.75 Å². The summed E-state index contributed by atoms with van der Waals surface area (Å²) in [7, 11) is 3.35. The maximum absolute atomic E-state index is 14.2. The molecule has 28 heavy (non-hydrogen) atoms. The molecule has 1 aromatic rings. The minimum Gasteiger partial charge on any atom is -0.494 e. The summed E-state index contributed by atoms with van der Waals surface area (Å²) in [6, 6.07) is 4.79. The molecule has 2 atom stereocenters. The lowest BCUT2D eigenvalue weighted by Crippen LogP contribution is -2.45. The van der Waals surface area contributed by atoms with E-state index in [0.717, 1.165) is 12.8 Å². The number of methoxy groups -OCH3 is 1. The highest BCUT2D eigenvalue weighted by Crippen LogP contribution is 2.25. The number of carbonyl (C=O) groups excluding carboxylic acids is 2. The fourth-order valence-corrected chi connectivity index (χ4v) is 3.88. The van der Waals surface area contributed by atoms with E-state index in [0.29, 0.717) is 39.3 Å². The zero-order valence-electron chi connectivity index (χ0n) is 16.4. The zero-order chi connectivity index (χ0) is 20.1. The van der Waals surface area contributed by atoms with Crippen LogP contribution in [-0.2, 0) is 9.53 Å². The van der Waals surface area contributed by atoms with Gasteiger partial charge in [-0.25, -0.2) is 4.39 Å². The summed E-state index contributed by atoms with van der Waals surface area (Å²) >= 11 is 0. The Hall–Kier alpha value is -2.19. The molecule has 2 aliphatic heterocycles. The molecule has 2 heterocycles. The van der Waals surface area contributed by atoms with Gasteiger partial charge >= 0.3 is 0 Å². The van der Waals surface area contributed by atoms with Crippen LogP contribution in [-0.4, -0.2) is 80.7 Å². The third kappa shape index (κ3) is 4.62. The number of hydrogen-bond donors (Lipinski definition) is 1. The second-order valence-electron chi connectivity index (χ2n) is 7.28. The first kappa shape index (κ1) is 20.5. The summed E-state index contributed by atoms with van der Waals surface area (Å²) in [6.07, 6.45) is 2.27. The fourth-order valence-electron chi connectivity index (χ4n) is 3.88. The Kier molecular flexibility index (Phi) is 6.85. The van der Waals surface area contributed by atoms with Crippen LogP contribution < -0.4 is 10.1 Å². The quantitative estimate of drug-likeness (QED) is 0.788. The lowest BCUT2D eigenvalue weighted by molar-refractivity contribution is -0.136. The zero-order valence-corrected chi connectivity index (χ0v) is 16.4. The maximum Gasteiger partial charge on any atom is 0.254 e. The van der Waals surface area contributed by atoms with E-state index < -0.39 is 11.7 Å². The smallest absolute Gasteiger partial charge is 0.254 e. The van der Waals surface area contributed by atoms with Crippen LogP contribution >= 0.6 is 0 Å². The molecule has 3 rings (SSSR count). The Morgan fingerprint density at radius 3 is 2.68 bits per heavy atom. The van der Waals surface area contributed by atoms with E-state index in [1.807, 2.05) is 11.9 Å². The SMILES string of the molecule is COc1cccc(C(=O)NC[C@@H]2CC[C@H](CC(=O)N3CCOCC3)N2C)c1F. The molecule has 7 nitrogen and oxygen atoms in total. The van der Waals surface area contributed by atoms with Crippen LogP contribution in [0.2, 0.25) is 0 Å². The number of likely N-dealkylation sites (tertiary alicyclic amines) is 1. The number of hydrogen-bond acceptors (Lipinski definition) is 5. The summed E-state index contributed by atoms with van der Waals surface area (Å²) in [5, 5.41) is 2.81. The number of nitrogens with zero attached hydrogens (tertiary/aromatic N) is 2. The van der Waals surface area contributed by atoms with Crippen molar-refractivity contribution in [1.29, 1.82) is 0 Å². The van der Waals surface area contributed by atoms with E-state index in [4.69, 9.17) is 9.47 Å². The van der Waals surface area contributed by atoms with Gasteiger partial charge in [0.15, 0.2) is 11.6 Å². The summed E-state index contributed by atoms with van der Waals surface area (Å²) in [5.74, 6) is -0.912. The Bertz CT molecular complexity index is 709. The van der Waals surface area contributed by atoms with Gasteiger partial charge in [-0.3, -0.25) is 14.5 Å². The molecule has 0 spiro atoms. The lowest BCUT2D eigenvalue weighted by atomic mass is 10.1. The molecule has 2 aliphatic rings. The van der Waals surface area contributed by atoms with Gasteiger partial charge in [-0.2, -0.15) is 0 Å². The number of amides is 2. The maximum atomic E-state index is 14.2. The first-order chi connectivity index (χ1) is 13.5. The topological polar surface area (TPSA) is 71.1 Å². The monoisotopic (exact) mass is 393 g/mol. The van der Waals surface area contributed by atoms with Gasteiger partial charge in [-0.15, -0.1) is 0 Å². The second kappa shape index (κ2) is 9.34. The van der Waals surface area contributed by atoms with Gasteiger partial charge in [0.05, 0.1) is 25.9 Å². The van der Waals surface area contributed by atoms with E-state index in [1.165, 1.54) is 19.2 Å². The molecule has 2 saturated heterocycles. The van der Waals surface area contributed by atoms with E-state index in [1.54, 1.807) is 6.07 Å². The molecule has 1 aromatic carbocycles. The number of nitrogens with one attached hydrogen (secondary N) is 1. The standard InChI is InChI=1S/C20H28FN3O4/c1-23-14(12-18(25)24-8-10-28-11-9-24)6-7-15(23)13-22-20(26)16-4-3-5-17(27-2)19(16)21/h3-5,14-15H,6-13H2,1-2H3,(H,22,26)/t14-,15+/m1/s1. The first-order valence-corrected chi connectivity index (χ1v) is 9.69. The third-order valence-corrected chi connectivity index (χ3v) is 5.69. The highest BCUT2D eigenvalue weighted by molar-refractivity contribution is 5.94. The summed E-state index contributed by atoms with van der Waals surface area (Å²) < 4.78 is 24.5. The fraction of sp³-hybridized carbons (Fsp3) is 0.600. The van der Waals surface area contributed by atoms with E-state index >= 15 is 0 Å². The van der Waals surface area contributed by atoms with Gasteiger partial charge in [-0.05, 0) is 32.0 Å². The molecule has 8 heteroatoms. The number of rotatable bonds is 6. The molecule has 0 aliphatic carbocycles. The number of carbonyl (C=O) groups is 2. The van der Waals surface area contributed by atoms with E-state index in [9.17, 15) is 14.0 Å². The van der Waals surface area contributed by atoms with Crippen LogP contribution in [0.3, 0.4) is 0 Å². The van der Waals surface area contributed by atoms with Crippen LogP contribution in [0.1, 0.15) is 29.6 Å². The van der Waals surface area contributed by atoms with Gasteiger partial charge in [-0.1, -0.05) is 6.07 Å². The third-order valence-electron chi connectivity index (χ3n) is 5.69. The summed E-state index contributed by atoms with van der Waals surface area (Å²) in [4.78, 5) is 28.9. The highest BCUT2D eigenvalue weighted by atomic mass is 19.1. The lowest BCUT2D eigenvalue weighted by Gasteiger charge is -2.30. The Balaban J connectivity index is 1.50. The van der Waals surface area contributed by atoms with Gasteiger partial charge in [0, 0.05) is 38.1 Å². The molecule has 2 amide bonds. The summed E-state index contributed by atoms with van der Waals surface area (Å²) in [5.41, 5.74) is -0.0287. The largest absolute Gasteiger partial charge is 0.494 e. The van der Waals surface area contributed by atoms with Crippen molar-refractivity contribution >= 4 is 11.8 Å². The molecule has 0 radical (unpaired) electrons. The van der Waals surface area contributed by atoms with Crippen LogP contribution in [0.25, 0.3) is 0 Å². The van der Waals surface area contributed by atoms with Crippen molar-refractivity contribution in [1.82, 2.24) is 15.1 Å². The van der Waals surface area contributed by atoms with Gasteiger partial charge in [0.2, 0.25) is 5.91 Å². The van der Waals surface area contributed by atoms with E-state index in [2.05, 4.69) is 10.2 Å². The van der Waals surface area contributed by atoms with Crippen LogP contribution in [0.15, 0.2) is 18.2 Å². The molecule has 1 N–H and O–H groups in total. The van der Waals surface area contributed by atoms with Crippen molar-refractivity contribution in [2.24, 2.45) is 0 Å². The number of morpholine rings is 1. The Morgan fingerprint density at radius 2 is 1.96 bits per heavy atom. The molecule has 154 valence electrons. The van der Waals surface area contributed by atoms with Crippen molar-refractivity contribution in [3.63, 3.8) is 0 Å². The minimum absolute atomic E-state index is 0.0287. The number of benzene rings is 1. The molecule has 0 aromatic heterocycles. The van der Waals surface area contributed by atoms with Crippen molar-refractivity contribution < 1.29 is 23.5 Å². The van der Waals surface area contributed by atoms with Gasteiger partial charge < -0.3 is 19.7 Å². The van der Waals surface area contributed by atoms with Gasteiger partial charge in [0.1, 0.15) is 0 Å². The van der Waals surface area contributed by atoms with Crippen molar-refractivity contribution in [2.75, 3.05) is 47.0 Å². The molecular formula is C20H28FN3O4. The molecule has 2 fully saturated rings. The van der Waals surface area contributed by atoms with Gasteiger partial charge in [0.25, 0.3) is 5.91 Å². The number of ether oxygens (including phenoxy) is 2. The van der Waals surface area contributed by atoms with E-state index in [-0.39, 0.29) is 29.3 Å².